The van der Waals surface area contributed by atoms with Crippen molar-refractivity contribution in [1.82, 2.24) is 0 Å². The summed E-state index contributed by atoms with van der Waals surface area (Å²) >= 11 is 0. The summed E-state index contributed by atoms with van der Waals surface area (Å²) in [6, 6.07) is 11.9. The van der Waals surface area contributed by atoms with Gasteiger partial charge in [0.05, 0.1) is 9.79 Å². The quantitative estimate of drug-likeness (QED) is 0.616. The van der Waals surface area contributed by atoms with Crippen LogP contribution in [-0.2, 0) is 19.7 Å². The van der Waals surface area contributed by atoms with Crippen molar-refractivity contribution in [3.8, 4) is 0 Å². The first-order valence-electron chi connectivity index (χ1n) is 5.70. The Hall–Kier alpha value is -1.10. The zero-order chi connectivity index (χ0) is 15.0. The molecule has 0 bridgehead atoms. The van der Waals surface area contributed by atoms with Crippen LogP contribution >= 0.6 is 8.58 Å². The first kappa shape index (κ1) is 15.3. The summed E-state index contributed by atoms with van der Waals surface area (Å²) < 4.78 is 46.7. The van der Waals surface area contributed by atoms with Gasteiger partial charge in [0.15, 0.2) is 19.7 Å². The van der Waals surface area contributed by atoms with Gasteiger partial charge in [-0.05, 0) is 23.5 Å². The molecule has 1 atom stereocenters. The number of hydrogen-bond acceptors (Lipinski definition) is 4. The standard InChI is InChI=1S/C13H14O4PS2/c1-19(14,15)12-7-11(18-10-5-3-4-6-10)8-13(9-12)20(2,16)17/h3-9,18H,1-2H3/q-1. The fourth-order valence-electron chi connectivity index (χ4n) is 1.70. The number of rotatable bonds is 4. The van der Waals surface area contributed by atoms with Gasteiger partial charge in [0, 0.05) is 12.5 Å². The second-order valence-electron chi connectivity index (χ2n) is 4.54. The smallest absolute Gasteiger partial charge is 0.175 e. The van der Waals surface area contributed by atoms with Gasteiger partial charge in [-0.25, -0.2) is 22.9 Å². The molecular weight excluding hydrogens is 315 g/mol. The maximum Gasteiger partial charge on any atom is 0.175 e. The normalized spacial score (nSPS) is 13.1. The molecule has 2 rings (SSSR count). The van der Waals surface area contributed by atoms with Gasteiger partial charge in [-0.1, -0.05) is 0 Å². The van der Waals surface area contributed by atoms with Crippen molar-refractivity contribution in [2.75, 3.05) is 12.5 Å². The molecule has 0 amide bonds. The lowest BCUT2D eigenvalue weighted by Crippen LogP contribution is -2.10. The van der Waals surface area contributed by atoms with Crippen molar-refractivity contribution >= 4 is 38.9 Å². The molecule has 2 aromatic carbocycles. The van der Waals surface area contributed by atoms with E-state index in [2.05, 4.69) is 0 Å². The van der Waals surface area contributed by atoms with E-state index in [0.29, 0.717) is 5.30 Å². The SMILES string of the molecule is CS(=O)(=O)c1cc(Pc2cc[cH-]c2)cc(S(C)(=O)=O)c1. The molecule has 0 aliphatic carbocycles. The molecule has 0 heterocycles. The molecule has 20 heavy (non-hydrogen) atoms. The lowest BCUT2D eigenvalue weighted by molar-refractivity contribution is 0.600. The second kappa shape index (κ2) is 5.35. The molecule has 0 aliphatic rings. The average molecular weight is 329 g/mol. The van der Waals surface area contributed by atoms with E-state index in [1.165, 1.54) is 18.2 Å². The molecule has 0 fully saturated rings. The summed E-state index contributed by atoms with van der Waals surface area (Å²) in [5.41, 5.74) is 0. The van der Waals surface area contributed by atoms with Gasteiger partial charge in [0.2, 0.25) is 0 Å². The maximum absolute atomic E-state index is 11.7. The van der Waals surface area contributed by atoms with E-state index in [1.807, 2.05) is 24.3 Å². The Balaban J connectivity index is 2.57. The molecule has 0 radical (unpaired) electrons. The average Bonchev–Trinajstić information content (AvgIpc) is 2.79. The summed E-state index contributed by atoms with van der Waals surface area (Å²) in [4.78, 5) is 0.0731. The second-order valence-corrected chi connectivity index (χ2v) is 9.97. The number of hydrogen-bond donors (Lipinski definition) is 0. The molecule has 0 aromatic heterocycles. The van der Waals surface area contributed by atoms with Crippen molar-refractivity contribution in [1.29, 1.82) is 0 Å². The molecule has 2 aromatic rings. The van der Waals surface area contributed by atoms with Gasteiger partial charge in [0.1, 0.15) is 0 Å². The zero-order valence-electron chi connectivity index (χ0n) is 11.0. The van der Waals surface area contributed by atoms with Crippen molar-refractivity contribution in [3.05, 3.63) is 42.5 Å². The van der Waals surface area contributed by atoms with Crippen LogP contribution in [0.1, 0.15) is 0 Å². The van der Waals surface area contributed by atoms with Crippen LogP contribution < -0.4 is 10.6 Å². The first-order valence-corrected chi connectivity index (χ1v) is 10.5. The highest BCUT2D eigenvalue weighted by Crippen LogP contribution is 2.20. The minimum Gasteiger partial charge on any atom is -0.224 e. The third kappa shape index (κ3) is 3.72. The summed E-state index contributed by atoms with van der Waals surface area (Å²) in [5.74, 6) is 0. The van der Waals surface area contributed by atoms with Crippen molar-refractivity contribution in [2.45, 2.75) is 9.79 Å². The molecule has 7 heteroatoms. The monoisotopic (exact) mass is 329 g/mol. The Kier molecular flexibility index (Phi) is 4.09. The summed E-state index contributed by atoms with van der Waals surface area (Å²) in [6.45, 7) is 0. The van der Waals surface area contributed by atoms with Crippen LogP contribution in [0.4, 0.5) is 0 Å². The van der Waals surface area contributed by atoms with Gasteiger partial charge in [-0.3, -0.25) is 0 Å². The van der Waals surface area contributed by atoms with Gasteiger partial charge < -0.3 is 0 Å². The maximum atomic E-state index is 11.7. The summed E-state index contributed by atoms with van der Waals surface area (Å²) in [6.07, 6.45) is 2.15. The predicted octanol–water partition coefficient (Wildman–Crippen LogP) is 0.842. The first-order chi connectivity index (χ1) is 9.16. The van der Waals surface area contributed by atoms with Gasteiger partial charge in [-0.15, -0.1) is 8.58 Å². The van der Waals surface area contributed by atoms with Crippen LogP contribution in [0.2, 0.25) is 0 Å². The van der Waals surface area contributed by atoms with Gasteiger partial charge in [0.25, 0.3) is 0 Å². The van der Waals surface area contributed by atoms with E-state index in [0.717, 1.165) is 17.8 Å². The van der Waals surface area contributed by atoms with Crippen molar-refractivity contribution in [2.24, 2.45) is 0 Å². The highest BCUT2D eigenvalue weighted by Gasteiger charge is 2.15. The molecule has 108 valence electrons. The molecule has 0 spiro atoms. The van der Waals surface area contributed by atoms with Crippen LogP contribution in [-0.4, -0.2) is 29.3 Å². The Morgan fingerprint density at radius 1 is 0.900 bits per heavy atom. The number of benzene rings is 1. The molecule has 0 saturated heterocycles. The Labute approximate surface area is 120 Å². The molecule has 0 aliphatic heterocycles. The minimum atomic E-state index is -3.45. The van der Waals surface area contributed by atoms with Crippen LogP contribution in [0, 0.1) is 0 Å². The Morgan fingerprint density at radius 3 is 1.85 bits per heavy atom. The molecule has 4 nitrogen and oxygen atoms in total. The van der Waals surface area contributed by atoms with Gasteiger partial charge >= 0.3 is 0 Å². The van der Waals surface area contributed by atoms with E-state index < -0.39 is 19.7 Å². The lowest BCUT2D eigenvalue weighted by atomic mass is 10.4. The predicted molar refractivity (Wildman–Crippen MR) is 82.3 cm³/mol. The highest BCUT2D eigenvalue weighted by atomic mass is 32.2. The number of sulfone groups is 2. The van der Waals surface area contributed by atoms with E-state index in [9.17, 15) is 16.8 Å². The van der Waals surface area contributed by atoms with Crippen LogP contribution in [0.3, 0.4) is 0 Å². The fourth-order valence-corrected chi connectivity index (χ4v) is 4.49. The molecular formula is C13H14O4PS2-. The largest absolute Gasteiger partial charge is 0.224 e. The minimum absolute atomic E-state index is 0.0366. The summed E-state index contributed by atoms with van der Waals surface area (Å²) in [7, 11) is -6.67. The van der Waals surface area contributed by atoms with E-state index in [4.69, 9.17) is 0 Å². The fraction of sp³-hybridized carbons (Fsp3) is 0.154. The van der Waals surface area contributed by atoms with Crippen LogP contribution in [0.15, 0.2) is 52.3 Å². The van der Waals surface area contributed by atoms with Gasteiger partial charge in [-0.2, -0.15) is 23.5 Å². The lowest BCUT2D eigenvalue weighted by Gasteiger charge is -2.10. The third-order valence-corrected chi connectivity index (χ3v) is 6.07. The van der Waals surface area contributed by atoms with Crippen LogP contribution in [0.25, 0.3) is 0 Å². The van der Waals surface area contributed by atoms with E-state index >= 15 is 0 Å². The zero-order valence-corrected chi connectivity index (χ0v) is 13.6. The van der Waals surface area contributed by atoms with E-state index in [-0.39, 0.29) is 18.4 Å². The molecule has 0 saturated carbocycles. The van der Waals surface area contributed by atoms with Crippen molar-refractivity contribution < 1.29 is 16.8 Å². The Bertz CT molecular complexity index is 769. The highest BCUT2D eigenvalue weighted by molar-refractivity contribution is 7.91. The summed E-state index contributed by atoms with van der Waals surface area (Å²) in [5, 5.41) is 1.73. The topological polar surface area (TPSA) is 68.3 Å². The third-order valence-electron chi connectivity index (χ3n) is 2.69. The Morgan fingerprint density at radius 2 is 1.45 bits per heavy atom. The molecule has 1 unspecified atom stereocenters. The van der Waals surface area contributed by atoms with Crippen molar-refractivity contribution in [3.63, 3.8) is 0 Å². The van der Waals surface area contributed by atoms with Crippen LogP contribution in [0.5, 0.6) is 0 Å². The van der Waals surface area contributed by atoms with E-state index in [1.54, 1.807) is 0 Å². The molecule has 0 N–H and O–H groups in total.